The van der Waals surface area contributed by atoms with Gasteiger partial charge in [0, 0.05) is 0 Å². The zero-order chi connectivity index (χ0) is 42.7. The van der Waals surface area contributed by atoms with Gasteiger partial charge in [0.15, 0.2) is 11.5 Å². The highest BCUT2D eigenvalue weighted by molar-refractivity contribution is 5.88. The zero-order valence-corrected chi connectivity index (χ0v) is 35.5. The van der Waals surface area contributed by atoms with Crippen molar-refractivity contribution in [2.45, 2.75) is 103 Å². The molecular formula is C53H60N2O6. The average Bonchev–Trinajstić information content (AvgIpc) is 3.30. The summed E-state index contributed by atoms with van der Waals surface area (Å²) in [6, 6.07) is 40.6. The molecule has 0 radical (unpaired) electrons. The number of carbonyl (C=O) groups is 1. The first-order valence-corrected chi connectivity index (χ1v) is 22.1. The molecule has 8 nitrogen and oxygen atoms in total. The lowest BCUT2D eigenvalue weighted by Gasteiger charge is -2.14. The first-order valence-electron chi connectivity index (χ1n) is 22.1. The van der Waals surface area contributed by atoms with Crippen LogP contribution >= 0.6 is 0 Å². The van der Waals surface area contributed by atoms with Crippen LogP contribution in [0.15, 0.2) is 115 Å². The van der Waals surface area contributed by atoms with Gasteiger partial charge in [-0.2, -0.15) is 10.5 Å². The third kappa shape index (κ3) is 16.7. The van der Waals surface area contributed by atoms with Crippen molar-refractivity contribution in [3.05, 3.63) is 132 Å². The van der Waals surface area contributed by atoms with E-state index in [1.54, 1.807) is 18.2 Å². The summed E-state index contributed by atoms with van der Waals surface area (Å²) in [4.78, 5) is 11.6. The van der Waals surface area contributed by atoms with Crippen molar-refractivity contribution in [3.63, 3.8) is 0 Å². The predicted octanol–water partition coefficient (Wildman–Crippen LogP) is 13.6. The molecule has 0 fully saturated rings. The maximum atomic E-state index is 11.6. The molecule has 0 saturated heterocycles. The van der Waals surface area contributed by atoms with Crippen molar-refractivity contribution < 1.29 is 28.8 Å². The summed E-state index contributed by atoms with van der Waals surface area (Å²) in [5.74, 6) is 1.90. The molecule has 0 saturated carbocycles. The summed E-state index contributed by atoms with van der Waals surface area (Å²) in [7, 11) is 0. The second-order valence-corrected chi connectivity index (χ2v) is 15.4. The molecule has 5 aromatic carbocycles. The minimum atomic E-state index is -0.975. The Kier molecular flexibility index (Phi) is 20.1. The number of carboxylic acid groups (broad SMARTS) is 1. The van der Waals surface area contributed by atoms with E-state index < -0.39 is 5.97 Å². The number of nitriles is 2. The number of ether oxygens (including phenoxy) is 4. The number of hydrogen-bond acceptors (Lipinski definition) is 7. The van der Waals surface area contributed by atoms with Gasteiger partial charge in [0.25, 0.3) is 0 Å². The molecule has 0 heterocycles. The van der Waals surface area contributed by atoms with Gasteiger partial charge in [-0.25, -0.2) is 4.79 Å². The molecule has 61 heavy (non-hydrogen) atoms. The summed E-state index contributed by atoms with van der Waals surface area (Å²) in [6.07, 6.45) is 17.9. The molecule has 0 aliphatic heterocycles. The smallest absolute Gasteiger partial charge is 0.335 e. The Balaban J connectivity index is 0.837. The largest absolute Gasteiger partial charge is 0.494 e. The topological polar surface area (TPSA) is 122 Å². The van der Waals surface area contributed by atoms with E-state index >= 15 is 0 Å². The van der Waals surface area contributed by atoms with Crippen LogP contribution in [-0.4, -0.2) is 37.5 Å². The van der Waals surface area contributed by atoms with Crippen molar-refractivity contribution in [3.8, 4) is 57.4 Å². The SMILES string of the molecule is N#Cc1ccc(-c2ccc(OCCCCCCCCCCOc3ccc(C(=O)O)cc3OCCCCCCCCCCOc3ccc(-c4ccc(C#N)cc4)cc3)cc2)cc1. The van der Waals surface area contributed by atoms with Crippen LogP contribution in [0.3, 0.4) is 0 Å². The Morgan fingerprint density at radius 3 is 1.05 bits per heavy atom. The molecule has 0 spiro atoms. The molecule has 0 amide bonds. The lowest BCUT2D eigenvalue weighted by molar-refractivity contribution is 0.0696. The minimum Gasteiger partial charge on any atom is -0.494 e. The average molecular weight is 821 g/mol. The van der Waals surface area contributed by atoms with E-state index in [0.29, 0.717) is 49.1 Å². The van der Waals surface area contributed by atoms with E-state index in [4.69, 9.17) is 29.5 Å². The van der Waals surface area contributed by atoms with Crippen LogP contribution in [0.5, 0.6) is 23.0 Å². The Morgan fingerprint density at radius 1 is 0.393 bits per heavy atom. The Morgan fingerprint density at radius 2 is 0.705 bits per heavy atom. The molecule has 0 unspecified atom stereocenters. The van der Waals surface area contributed by atoms with E-state index in [2.05, 4.69) is 36.4 Å². The van der Waals surface area contributed by atoms with E-state index in [1.165, 1.54) is 44.9 Å². The summed E-state index contributed by atoms with van der Waals surface area (Å²) in [5.41, 5.74) is 5.90. The highest BCUT2D eigenvalue weighted by Gasteiger charge is 2.11. The Labute approximate surface area is 362 Å². The van der Waals surface area contributed by atoms with Crippen LogP contribution in [0.1, 0.15) is 124 Å². The van der Waals surface area contributed by atoms with Gasteiger partial charge in [0.05, 0.1) is 55.3 Å². The molecular weight excluding hydrogens is 761 g/mol. The van der Waals surface area contributed by atoms with Crippen LogP contribution in [0.4, 0.5) is 0 Å². The second kappa shape index (κ2) is 26.8. The summed E-state index contributed by atoms with van der Waals surface area (Å²) in [6.45, 7) is 2.54. The number of unbranched alkanes of at least 4 members (excludes halogenated alkanes) is 14. The Hall–Kier alpha value is -6.25. The van der Waals surface area contributed by atoms with Crippen molar-refractivity contribution >= 4 is 5.97 Å². The van der Waals surface area contributed by atoms with Gasteiger partial charge in [-0.15, -0.1) is 0 Å². The van der Waals surface area contributed by atoms with E-state index in [0.717, 1.165) is 91.5 Å². The molecule has 0 aliphatic rings. The fourth-order valence-corrected chi connectivity index (χ4v) is 7.11. The van der Waals surface area contributed by atoms with E-state index in [-0.39, 0.29) is 5.56 Å². The first-order chi connectivity index (χ1) is 30.0. The maximum absolute atomic E-state index is 11.6. The molecule has 0 bridgehead atoms. The quantitative estimate of drug-likeness (QED) is 0.0473. The van der Waals surface area contributed by atoms with E-state index in [9.17, 15) is 9.90 Å². The number of aromatic carboxylic acids is 1. The molecule has 0 atom stereocenters. The lowest BCUT2D eigenvalue weighted by atomic mass is 10.0. The third-order valence-corrected chi connectivity index (χ3v) is 10.7. The lowest BCUT2D eigenvalue weighted by Crippen LogP contribution is -2.05. The van der Waals surface area contributed by atoms with Gasteiger partial charge < -0.3 is 24.1 Å². The zero-order valence-electron chi connectivity index (χ0n) is 35.5. The molecule has 0 aromatic heterocycles. The van der Waals surface area contributed by atoms with Gasteiger partial charge in [-0.05, 0) is 115 Å². The normalized spacial score (nSPS) is 10.7. The molecule has 0 aliphatic carbocycles. The van der Waals surface area contributed by atoms with Crippen molar-refractivity contribution in [1.29, 1.82) is 10.5 Å². The van der Waals surface area contributed by atoms with Gasteiger partial charge in [-0.1, -0.05) is 126 Å². The molecule has 8 heteroatoms. The molecule has 5 aromatic rings. The van der Waals surface area contributed by atoms with Crippen LogP contribution < -0.4 is 18.9 Å². The maximum Gasteiger partial charge on any atom is 0.335 e. The van der Waals surface area contributed by atoms with Gasteiger partial charge in [-0.3, -0.25) is 0 Å². The van der Waals surface area contributed by atoms with Crippen LogP contribution in [0.2, 0.25) is 0 Å². The van der Waals surface area contributed by atoms with Gasteiger partial charge in [0.1, 0.15) is 11.5 Å². The summed E-state index contributed by atoms with van der Waals surface area (Å²) >= 11 is 0. The number of carboxylic acids is 1. The standard InChI is InChI=1S/C53H60N2O6/c54-40-42-17-21-44(22-18-42)46-25-30-49(31-26-46)58-35-13-9-5-1-3-7-11-15-37-60-51-34-29-48(53(56)57)39-52(51)61-38-16-12-8-4-2-6-10-14-36-59-50-32-27-47(28-33-50)45-23-19-43(41-55)20-24-45/h17-34,39H,1-16,35-38H2,(H,56,57). The number of rotatable bonds is 29. The number of nitrogens with zero attached hydrogens (tertiary/aromatic N) is 2. The third-order valence-electron chi connectivity index (χ3n) is 10.7. The van der Waals surface area contributed by atoms with Crippen molar-refractivity contribution in [2.75, 3.05) is 26.4 Å². The van der Waals surface area contributed by atoms with Crippen molar-refractivity contribution in [1.82, 2.24) is 0 Å². The molecule has 318 valence electrons. The van der Waals surface area contributed by atoms with Crippen LogP contribution in [0.25, 0.3) is 22.3 Å². The highest BCUT2D eigenvalue weighted by Crippen LogP contribution is 2.30. The minimum absolute atomic E-state index is 0.201. The highest BCUT2D eigenvalue weighted by atomic mass is 16.5. The predicted molar refractivity (Wildman–Crippen MR) is 242 cm³/mol. The summed E-state index contributed by atoms with van der Waals surface area (Å²) < 4.78 is 24.0. The van der Waals surface area contributed by atoms with Crippen LogP contribution in [-0.2, 0) is 0 Å². The first kappa shape index (κ1) is 45.8. The number of benzene rings is 5. The molecule has 1 N–H and O–H groups in total. The fraction of sp³-hybridized carbons (Fsp3) is 0.377. The van der Waals surface area contributed by atoms with Gasteiger partial charge in [0.2, 0.25) is 0 Å². The van der Waals surface area contributed by atoms with Crippen LogP contribution in [0, 0.1) is 22.7 Å². The monoisotopic (exact) mass is 820 g/mol. The number of hydrogen-bond donors (Lipinski definition) is 1. The second-order valence-electron chi connectivity index (χ2n) is 15.4. The van der Waals surface area contributed by atoms with Crippen molar-refractivity contribution in [2.24, 2.45) is 0 Å². The molecule has 5 rings (SSSR count). The fourth-order valence-electron chi connectivity index (χ4n) is 7.11. The van der Waals surface area contributed by atoms with Gasteiger partial charge >= 0.3 is 5.97 Å². The summed E-state index contributed by atoms with van der Waals surface area (Å²) in [5, 5.41) is 27.5. The van der Waals surface area contributed by atoms with E-state index in [1.807, 2.05) is 72.8 Å². The Bertz CT molecular complexity index is 2100.